The molecule has 4 aromatic rings. The van der Waals surface area contributed by atoms with E-state index < -0.39 is 0 Å². The average Bonchev–Trinajstić information content (AvgIpc) is 3.23. The molecule has 5 nitrogen and oxygen atoms in total. The first-order valence-corrected chi connectivity index (χ1v) is 12.4. The monoisotopic (exact) mass is 469 g/mol. The lowest BCUT2D eigenvalue weighted by Crippen LogP contribution is -2.32. The minimum Gasteiger partial charge on any atom is -0.483 e. The third-order valence-electron chi connectivity index (χ3n) is 6.65. The Morgan fingerprint density at radius 3 is 2.51 bits per heavy atom. The molecule has 1 N–H and O–H groups in total. The zero-order valence-corrected chi connectivity index (χ0v) is 21.3. The van der Waals surface area contributed by atoms with Gasteiger partial charge in [0.05, 0.1) is 17.1 Å². The van der Waals surface area contributed by atoms with Crippen molar-refractivity contribution in [2.75, 3.05) is 6.61 Å². The van der Waals surface area contributed by atoms with Crippen molar-refractivity contribution >= 4 is 16.9 Å². The lowest BCUT2D eigenvalue weighted by Gasteiger charge is -2.17. The quantitative estimate of drug-likeness (QED) is 0.306. The topological polar surface area (TPSA) is 56.2 Å². The number of imidazole rings is 1. The molecule has 0 aliphatic rings. The van der Waals surface area contributed by atoms with Crippen LogP contribution in [-0.4, -0.2) is 22.1 Å². The molecule has 1 aromatic heterocycles. The van der Waals surface area contributed by atoms with E-state index >= 15 is 0 Å². The Morgan fingerprint density at radius 2 is 1.77 bits per heavy atom. The SMILES string of the molecule is CCC(C)c1ccc(Cn2c(C(C)NC(=O)COc3cc(C)ccc3C)nc3ccccc32)cc1. The van der Waals surface area contributed by atoms with Crippen LogP contribution in [0, 0.1) is 13.8 Å². The average molecular weight is 470 g/mol. The van der Waals surface area contributed by atoms with Gasteiger partial charge < -0.3 is 14.6 Å². The van der Waals surface area contributed by atoms with Gasteiger partial charge in [0.25, 0.3) is 5.91 Å². The second-order valence-corrected chi connectivity index (χ2v) is 9.44. The van der Waals surface area contributed by atoms with Gasteiger partial charge in [-0.05, 0) is 73.6 Å². The number of rotatable bonds is 9. The fourth-order valence-electron chi connectivity index (χ4n) is 4.31. The number of aryl methyl sites for hydroxylation is 2. The molecule has 35 heavy (non-hydrogen) atoms. The summed E-state index contributed by atoms with van der Waals surface area (Å²) < 4.78 is 8.00. The summed E-state index contributed by atoms with van der Waals surface area (Å²) in [4.78, 5) is 17.6. The third-order valence-corrected chi connectivity index (χ3v) is 6.65. The Labute approximate surface area is 208 Å². The Morgan fingerprint density at radius 1 is 1.03 bits per heavy atom. The lowest BCUT2D eigenvalue weighted by atomic mass is 9.97. The van der Waals surface area contributed by atoms with Gasteiger partial charge in [-0.25, -0.2) is 4.98 Å². The maximum atomic E-state index is 12.7. The Balaban J connectivity index is 1.51. The molecule has 1 amide bonds. The van der Waals surface area contributed by atoms with Gasteiger partial charge in [-0.15, -0.1) is 0 Å². The van der Waals surface area contributed by atoms with Crippen LogP contribution in [0.3, 0.4) is 0 Å². The van der Waals surface area contributed by atoms with Crippen molar-refractivity contribution in [3.05, 3.63) is 94.8 Å². The van der Waals surface area contributed by atoms with Gasteiger partial charge in [0, 0.05) is 6.54 Å². The molecular formula is C30H35N3O2. The Bertz CT molecular complexity index is 1310. The molecule has 0 saturated heterocycles. The van der Waals surface area contributed by atoms with Gasteiger partial charge in [0.1, 0.15) is 11.6 Å². The number of hydrogen-bond acceptors (Lipinski definition) is 3. The number of nitrogens with zero attached hydrogens (tertiary/aromatic N) is 2. The van der Waals surface area contributed by atoms with Crippen LogP contribution in [0.5, 0.6) is 5.75 Å². The van der Waals surface area contributed by atoms with E-state index in [4.69, 9.17) is 9.72 Å². The predicted octanol–water partition coefficient (Wildman–Crippen LogP) is 6.47. The van der Waals surface area contributed by atoms with Gasteiger partial charge >= 0.3 is 0 Å². The highest BCUT2D eigenvalue weighted by Crippen LogP contribution is 2.24. The van der Waals surface area contributed by atoms with Crippen LogP contribution in [-0.2, 0) is 11.3 Å². The maximum Gasteiger partial charge on any atom is 0.258 e. The van der Waals surface area contributed by atoms with Crippen molar-refractivity contribution in [2.24, 2.45) is 0 Å². The maximum absolute atomic E-state index is 12.7. The van der Waals surface area contributed by atoms with Crippen molar-refractivity contribution in [3.8, 4) is 5.75 Å². The number of carbonyl (C=O) groups is 1. The smallest absolute Gasteiger partial charge is 0.258 e. The molecule has 5 heteroatoms. The number of aromatic nitrogens is 2. The number of hydrogen-bond donors (Lipinski definition) is 1. The van der Waals surface area contributed by atoms with Crippen LogP contribution in [0.15, 0.2) is 66.7 Å². The molecule has 4 rings (SSSR count). The highest BCUT2D eigenvalue weighted by Gasteiger charge is 2.19. The van der Waals surface area contributed by atoms with Crippen LogP contribution in [0.25, 0.3) is 11.0 Å². The molecule has 1 heterocycles. The first-order chi connectivity index (χ1) is 16.9. The number of fused-ring (bicyclic) bond motifs is 1. The zero-order valence-electron chi connectivity index (χ0n) is 21.3. The molecule has 182 valence electrons. The molecule has 0 saturated carbocycles. The third kappa shape index (κ3) is 5.73. The standard InChI is InChI=1S/C30H35N3O2/c1-6-21(3)25-15-13-24(14-16-25)18-33-27-10-8-7-9-26(27)32-30(33)23(5)31-29(34)19-35-28-17-20(2)11-12-22(28)4/h7-17,21,23H,6,18-19H2,1-5H3,(H,31,34). The van der Waals surface area contributed by atoms with Crippen molar-refractivity contribution in [1.82, 2.24) is 14.9 Å². The van der Waals surface area contributed by atoms with Crippen molar-refractivity contribution in [2.45, 2.75) is 59.5 Å². The highest BCUT2D eigenvalue weighted by molar-refractivity contribution is 5.79. The molecule has 0 radical (unpaired) electrons. The van der Waals surface area contributed by atoms with E-state index in [0.717, 1.165) is 40.2 Å². The fraction of sp³-hybridized carbons (Fsp3) is 0.333. The molecular weight excluding hydrogens is 434 g/mol. The summed E-state index contributed by atoms with van der Waals surface area (Å²) in [5.41, 5.74) is 6.66. The molecule has 0 bridgehead atoms. The van der Waals surface area contributed by atoms with Crippen LogP contribution in [0.1, 0.15) is 67.2 Å². The summed E-state index contributed by atoms with van der Waals surface area (Å²) in [6.45, 7) is 11.1. The van der Waals surface area contributed by atoms with E-state index in [9.17, 15) is 4.79 Å². The normalized spacial score (nSPS) is 12.9. The zero-order chi connectivity index (χ0) is 24.9. The number of ether oxygens (including phenoxy) is 1. The van der Waals surface area contributed by atoms with Crippen LogP contribution in [0.4, 0.5) is 0 Å². The summed E-state index contributed by atoms with van der Waals surface area (Å²) in [6.07, 6.45) is 1.13. The largest absolute Gasteiger partial charge is 0.483 e. The van der Waals surface area contributed by atoms with Gasteiger partial charge in [-0.3, -0.25) is 4.79 Å². The fourth-order valence-corrected chi connectivity index (χ4v) is 4.31. The van der Waals surface area contributed by atoms with Gasteiger partial charge in [-0.1, -0.05) is 62.4 Å². The number of carbonyl (C=O) groups excluding carboxylic acids is 1. The molecule has 0 fully saturated rings. The molecule has 3 aromatic carbocycles. The van der Waals surface area contributed by atoms with Gasteiger partial charge in [-0.2, -0.15) is 0 Å². The number of nitrogens with one attached hydrogen (secondary N) is 1. The molecule has 0 aliphatic carbocycles. The second kappa shape index (κ2) is 10.8. The molecule has 0 aliphatic heterocycles. The van der Waals surface area contributed by atoms with E-state index in [0.29, 0.717) is 12.5 Å². The highest BCUT2D eigenvalue weighted by atomic mass is 16.5. The van der Waals surface area contributed by atoms with E-state index in [1.54, 1.807) is 0 Å². The predicted molar refractivity (Wildman–Crippen MR) is 142 cm³/mol. The Hall–Kier alpha value is -3.60. The lowest BCUT2D eigenvalue weighted by molar-refractivity contribution is -0.123. The van der Waals surface area contributed by atoms with Crippen molar-refractivity contribution < 1.29 is 9.53 Å². The summed E-state index contributed by atoms with van der Waals surface area (Å²) >= 11 is 0. The van der Waals surface area contributed by atoms with E-state index in [2.05, 4.69) is 54.1 Å². The van der Waals surface area contributed by atoms with Crippen LogP contribution in [0.2, 0.25) is 0 Å². The van der Waals surface area contributed by atoms with Gasteiger partial charge in [0.2, 0.25) is 0 Å². The molecule has 0 spiro atoms. The Kier molecular flexibility index (Phi) is 7.54. The summed E-state index contributed by atoms with van der Waals surface area (Å²) in [5.74, 6) is 1.95. The minimum atomic E-state index is -0.267. The first-order valence-electron chi connectivity index (χ1n) is 12.4. The van der Waals surface area contributed by atoms with Crippen molar-refractivity contribution in [1.29, 1.82) is 0 Å². The summed E-state index contributed by atoms with van der Waals surface area (Å²) in [6, 6.07) is 22.7. The molecule has 2 atom stereocenters. The second-order valence-electron chi connectivity index (χ2n) is 9.44. The van der Waals surface area contributed by atoms with E-state index in [1.807, 2.05) is 57.2 Å². The van der Waals surface area contributed by atoms with Crippen LogP contribution >= 0.6 is 0 Å². The minimum absolute atomic E-state index is 0.0358. The first kappa shape index (κ1) is 24.5. The summed E-state index contributed by atoms with van der Waals surface area (Å²) in [7, 11) is 0. The van der Waals surface area contributed by atoms with Gasteiger partial charge in [0.15, 0.2) is 6.61 Å². The molecule has 2 unspecified atom stereocenters. The number of benzene rings is 3. The van der Waals surface area contributed by atoms with Crippen LogP contribution < -0.4 is 10.1 Å². The van der Waals surface area contributed by atoms with Crippen molar-refractivity contribution in [3.63, 3.8) is 0 Å². The van der Waals surface area contributed by atoms with E-state index in [-0.39, 0.29) is 18.6 Å². The number of para-hydroxylation sites is 2. The van der Waals surface area contributed by atoms with E-state index in [1.165, 1.54) is 11.1 Å². The number of amides is 1. The summed E-state index contributed by atoms with van der Waals surface area (Å²) in [5, 5.41) is 3.07.